The molecule has 78 valence electrons. The van der Waals surface area contributed by atoms with Crippen molar-refractivity contribution in [3.8, 4) is 11.3 Å². The van der Waals surface area contributed by atoms with Crippen LogP contribution in [-0.4, -0.2) is 10.1 Å². The van der Waals surface area contributed by atoms with E-state index in [2.05, 4.69) is 10.1 Å². The van der Waals surface area contributed by atoms with Gasteiger partial charge in [0.05, 0.1) is 11.3 Å². The monoisotopic (exact) mass is 203 g/mol. The van der Waals surface area contributed by atoms with Gasteiger partial charge in [-0.2, -0.15) is 0 Å². The maximum Gasteiger partial charge on any atom is 0.170 e. The van der Waals surface area contributed by atoms with E-state index in [-0.39, 0.29) is 0 Å². The summed E-state index contributed by atoms with van der Waals surface area (Å²) in [5.41, 5.74) is 8.42. The van der Waals surface area contributed by atoms with E-state index in [0.29, 0.717) is 11.6 Å². The van der Waals surface area contributed by atoms with Crippen LogP contribution in [0.2, 0.25) is 0 Å². The Labute approximate surface area is 88.1 Å². The van der Waals surface area contributed by atoms with Gasteiger partial charge >= 0.3 is 0 Å². The highest BCUT2D eigenvalue weighted by atomic mass is 16.5. The molecule has 2 N–H and O–H groups in total. The average Bonchev–Trinajstić information content (AvgIpc) is 2.66. The molecule has 0 bridgehead atoms. The van der Waals surface area contributed by atoms with E-state index in [1.165, 1.54) is 0 Å². The zero-order chi connectivity index (χ0) is 10.8. The van der Waals surface area contributed by atoms with Crippen molar-refractivity contribution in [1.82, 2.24) is 10.1 Å². The van der Waals surface area contributed by atoms with Gasteiger partial charge in [0.25, 0.3) is 0 Å². The highest BCUT2D eigenvalue weighted by Crippen LogP contribution is 2.25. The molecule has 0 aliphatic rings. The summed E-state index contributed by atoms with van der Waals surface area (Å²) in [5, 5.41) is 3.92. The zero-order valence-electron chi connectivity index (χ0n) is 8.82. The summed E-state index contributed by atoms with van der Waals surface area (Å²) in [6.07, 6.45) is 0.850. The number of pyridine rings is 1. The Morgan fingerprint density at radius 2 is 2.20 bits per heavy atom. The number of nitrogens with two attached hydrogens (primary N) is 1. The van der Waals surface area contributed by atoms with Crippen LogP contribution in [0.4, 0.5) is 5.82 Å². The molecule has 0 fully saturated rings. The second-order valence-corrected chi connectivity index (χ2v) is 3.42. The first-order valence-corrected chi connectivity index (χ1v) is 4.89. The summed E-state index contributed by atoms with van der Waals surface area (Å²) in [6.45, 7) is 3.93. The van der Waals surface area contributed by atoms with Gasteiger partial charge < -0.3 is 10.3 Å². The summed E-state index contributed by atoms with van der Waals surface area (Å²) in [5.74, 6) is 1.16. The van der Waals surface area contributed by atoms with Crippen LogP contribution in [0.3, 0.4) is 0 Å². The van der Waals surface area contributed by atoms with E-state index in [0.717, 1.165) is 23.4 Å². The maximum atomic E-state index is 5.81. The molecule has 0 atom stereocenters. The van der Waals surface area contributed by atoms with Crippen LogP contribution in [0.5, 0.6) is 0 Å². The largest absolute Gasteiger partial charge is 0.383 e. The Morgan fingerprint density at radius 3 is 2.80 bits per heavy atom. The molecular weight excluding hydrogens is 190 g/mol. The lowest BCUT2D eigenvalue weighted by molar-refractivity contribution is 0.424. The van der Waals surface area contributed by atoms with Gasteiger partial charge in [-0.3, -0.25) is 0 Å². The van der Waals surface area contributed by atoms with Crippen molar-refractivity contribution in [1.29, 1.82) is 0 Å². The maximum absolute atomic E-state index is 5.81. The number of nitrogen functional groups attached to an aromatic ring is 1. The Morgan fingerprint density at radius 1 is 1.40 bits per heavy atom. The predicted octanol–water partition coefficient (Wildman–Crippen LogP) is 2.19. The Kier molecular flexibility index (Phi) is 2.41. The van der Waals surface area contributed by atoms with Crippen molar-refractivity contribution in [2.75, 3.05) is 5.73 Å². The number of aryl methyl sites for hydroxylation is 2. The normalized spacial score (nSPS) is 10.5. The van der Waals surface area contributed by atoms with Crippen LogP contribution in [-0.2, 0) is 6.42 Å². The first kappa shape index (κ1) is 9.71. The molecule has 2 aromatic rings. The minimum absolute atomic E-state index is 0.480. The number of aromatic nitrogens is 2. The fourth-order valence-corrected chi connectivity index (χ4v) is 1.39. The summed E-state index contributed by atoms with van der Waals surface area (Å²) in [4.78, 5) is 4.18. The lowest BCUT2D eigenvalue weighted by Crippen LogP contribution is -1.94. The van der Waals surface area contributed by atoms with Crippen LogP contribution < -0.4 is 5.73 Å². The fourth-order valence-electron chi connectivity index (χ4n) is 1.39. The molecule has 0 spiro atoms. The molecule has 2 aromatic heterocycles. The van der Waals surface area contributed by atoms with E-state index in [1.807, 2.05) is 32.0 Å². The molecule has 2 rings (SSSR count). The quantitative estimate of drug-likeness (QED) is 0.812. The molecular formula is C11H13N3O. The van der Waals surface area contributed by atoms with Crippen LogP contribution in [0, 0.1) is 6.92 Å². The van der Waals surface area contributed by atoms with Gasteiger partial charge in [0.15, 0.2) is 5.76 Å². The third-order valence-electron chi connectivity index (χ3n) is 2.25. The molecule has 0 saturated carbocycles. The van der Waals surface area contributed by atoms with E-state index >= 15 is 0 Å². The average molecular weight is 203 g/mol. The molecule has 0 amide bonds. The fraction of sp³-hybridized carbons (Fsp3) is 0.273. The molecule has 0 radical (unpaired) electrons. The van der Waals surface area contributed by atoms with Gasteiger partial charge in [0, 0.05) is 11.8 Å². The van der Waals surface area contributed by atoms with Crippen molar-refractivity contribution in [2.24, 2.45) is 0 Å². The minimum Gasteiger partial charge on any atom is -0.383 e. The predicted molar refractivity (Wildman–Crippen MR) is 58.3 cm³/mol. The third-order valence-corrected chi connectivity index (χ3v) is 2.25. The molecule has 15 heavy (non-hydrogen) atoms. The van der Waals surface area contributed by atoms with Gasteiger partial charge in [0.1, 0.15) is 5.82 Å². The van der Waals surface area contributed by atoms with Crippen molar-refractivity contribution < 1.29 is 4.52 Å². The third kappa shape index (κ3) is 1.83. The standard InChI is InChI=1S/C11H13N3O/c1-3-8-6-10(15-14-8)9-5-4-7(2)13-11(9)12/h4-6H,3H2,1-2H3,(H2,12,13). The molecule has 0 unspecified atom stereocenters. The minimum atomic E-state index is 0.480. The van der Waals surface area contributed by atoms with Gasteiger partial charge in [-0.1, -0.05) is 12.1 Å². The topological polar surface area (TPSA) is 64.9 Å². The summed E-state index contributed by atoms with van der Waals surface area (Å²) >= 11 is 0. The molecule has 4 nitrogen and oxygen atoms in total. The molecule has 0 aliphatic heterocycles. The van der Waals surface area contributed by atoms with Gasteiger partial charge in [0.2, 0.25) is 0 Å². The van der Waals surface area contributed by atoms with Crippen LogP contribution in [0.15, 0.2) is 22.7 Å². The first-order chi connectivity index (χ1) is 7.20. The van der Waals surface area contributed by atoms with Crippen molar-refractivity contribution in [3.63, 3.8) is 0 Å². The van der Waals surface area contributed by atoms with Gasteiger partial charge in [-0.15, -0.1) is 0 Å². The van der Waals surface area contributed by atoms with Crippen molar-refractivity contribution in [2.45, 2.75) is 20.3 Å². The smallest absolute Gasteiger partial charge is 0.170 e. The number of anilines is 1. The van der Waals surface area contributed by atoms with E-state index in [9.17, 15) is 0 Å². The van der Waals surface area contributed by atoms with Crippen molar-refractivity contribution >= 4 is 5.82 Å². The molecule has 0 saturated heterocycles. The van der Waals surface area contributed by atoms with Crippen LogP contribution in [0.25, 0.3) is 11.3 Å². The molecule has 2 heterocycles. The van der Waals surface area contributed by atoms with Gasteiger partial charge in [-0.25, -0.2) is 4.98 Å². The highest BCUT2D eigenvalue weighted by Gasteiger charge is 2.09. The van der Waals surface area contributed by atoms with Crippen molar-refractivity contribution in [3.05, 3.63) is 29.6 Å². The van der Waals surface area contributed by atoms with E-state index < -0.39 is 0 Å². The molecule has 0 aliphatic carbocycles. The summed E-state index contributed by atoms with van der Waals surface area (Å²) in [6, 6.07) is 5.69. The van der Waals surface area contributed by atoms with Crippen LogP contribution >= 0.6 is 0 Å². The SMILES string of the molecule is CCc1cc(-c2ccc(C)nc2N)on1. The molecule has 4 heteroatoms. The highest BCUT2D eigenvalue weighted by molar-refractivity contribution is 5.69. The number of hydrogen-bond donors (Lipinski definition) is 1. The summed E-state index contributed by atoms with van der Waals surface area (Å²) in [7, 11) is 0. The van der Waals surface area contributed by atoms with E-state index in [4.69, 9.17) is 10.3 Å². The van der Waals surface area contributed by atoms with E-state index in [1.54, 1.807) is 0 Å². The number of nitrogens with zero attached hydrogens (tertiary/aromatic N) is 2. The first-order valence-electron chi connectivity index (χ1n) is 4.89. The lowest BCUT2D eigenvalue weighted by Gasteiger charge is -2.00. The lowest BCUT2D eigenvalue weighted by atomic mass is 10.1. The van der Waals surface area contributed by atoms with Crippen LogP contribution in [0.1, 0.15) is 18.3 Å². The summed E-state index contributed by atoms with van der Waals surface area (Å²) < 4.78 is 5.19. The number of hydrogen-bond acceptors (Lipinski definition) is 4. The second kappa shape index (κ2) is 3.73. The number of rotatable bonds is 2. The van der Waals surface area contributed by atoms with Gasteiger partial charge in [-0.05, 0) is 25.5 Å². The Balaban J connectivity index is 2.44. The second-order valence-electron chi connectivity index (χ2n) is 3.42. The zero-order valence-corrected chi connectivity index (χ0v) is 8.82. The Bertz CT molecular complexity index is 476. The Hall–Kier alpha value is -1.84. The molecule has 0 aromatic carbocycles.